The van der Waals surface area contributed by atoms with Crippen LogP contribution >= 0.6 is 23.4 Å². The van der Waals surface area contributed by atoms with Gasteiger partial charge in [0.1, 0.15) is 11.5 Å². The Balaban J connectivity index is 1.47. The van der Waals surface area contributed by atoms with E-state index in [1.807, 2.05) is 43.3 Å². The van der Waals surface area contributed by atoms with Gasteiger partial charge in [0.2, 0.25) is 5.91 Å². The molecule has 7 heteroatoms. The lowest BCUT2D eigenvalue weighted by Crippen LogP contribution is -2.32. The summed E-state index contributed by atoms with van der Waals surface area (Å²) >= 11 is 7.36. The highest BCUT2D eigenvalue weighted by atomic mass is 35.5. The molecule has 0 N–H and O–H groups in total. The number of rotatable bonds is 7. The zero-order valence-corrected chi connectivity index (χ0v) is 19.1. The van der Waals surface area contributed by atoms with Crippen LogP contribution in [-0.2, 0) is 11.2 Å². The van der Waals surface area contributed by atoms with E-state index in [1.54, 1.807) is 11.0 Å². The monoisotopic (exact) mass is 463 g/mol. The first-order valence-electron chi connectivity index (χ1n) is 10.1. The predicted molar refractivity (Wildman–Crippen MR) is 132 cm³/mol. The lowest BCUT2D eigenvalue weighted by Gasteiger charge is -2.12. The number of hydrogen-bond acceptors (Lipinski definition) is 5. The van der Waals surface area contributed by atoms with Gasteiger partial charge < -0.3 is 4.42 Å². The molecule has 0 spiro atoms. The molecule has 1 atom stereocenters. The average molecular weight is 464 g/mol. The molecule has 2 aromatic carbocycles. The molecule has 1 saturated heterocycles. The standard InChI is InChI=1S/C25H22ClN3O2S/c1-3-14-29-24(30)23(15-18-6-4-17(2)5-7-18)32-25(29)28-27-16-21-12-13-22(31-21)19-8-10-20(26)11-9-19/h3-13,16,23H,1,14-15H2,2H3/b27-16+,28-25-. The number of benzene rings is 2. The molecule has 32 heavy (non-hydrogen) atoms. The summed E-state index contributed by atoms with van der Waals surface area (Å²) in [6.45, 7) is 6.20. The van der Waals surface area contributed by atoms with Crippen LogP contribution in [0.2, 0.25) is 5.02 Å². The van der Waals surface area contributed by atoms with Crippen molar-refractivity contribution in [2.45, 2.75) is 18.6 Å². The van der Waals surface area contributed by atoms with Crippen molar-refractivity contribution in [1.82, 2.24) is 4.90 Å². The summed E-state index contributed by atoms with van der Waals surface area (Å²) in [6.07, 6.45) is 3.87. The SMILES string of the molecule is C=CCN1C(=O)C(Cc2ccc(C)cc2)S/C1=N\N=C\c1ccc(-c2ccc(Cl)cc2)o1. The van der Waals surface area contributed by atoms with E-state index in [2.05, 4.69) is 41.0 Å². The zero-order chi connectivity index (χ0) is 22.5. The molecular formula is C25H22ClN3O2S. The summed E-state index contributed by atoms with van der Waals surface area (Å²) in [4.78, 5) is 14.5. The van der Waals surface area contributed by atoms with E-state index in [-0.39, 0.29) is 11.2 Å². The van der Waals surface area contributed by atoms with Crippen molar-refractivity contribution < 1.29 is 9.21 Å². The molecule has 0 bridgehead atoms. The van der Waals surface area contributed by atoms with Crippen molar-refractivity contribution in [3.8, 4) is 11.3 Å². The summed E-state index contributed by atoms with van der Waals surface area (Å²) in [7, 11) is 0. The maximum absolute atomic E-state index is 12.9. The highest BCUT2D eigenvalue weighted by Gasteiger charge is 2.37. The molecule has 1 unspecified atom stereocenters. The van der Waals surface area contributed by atoms with E-state index >= 15 is 0 Å². The highest BCUT2D eigenvalue weighted by molar-refractivity contribution is 8.15. The molecular weight excluding hydrogens is 442 g/mol. The molecule has 1 fully saturated rings. The van der Waals surface area contributed by atoms with E-state index < -0.39 is 0 Å². The van der Waals surface area contributed by atoms with Crippen LogP contribution in [0.15, 0.2) is 87.9 Å². The quantitative estimate of drug-likeness (QED) is 0.246. The van der Waals surface area contributed by atoms with E-state index in [4.69, 9.17) is 16.0 Å². The van der Waals surface area contributed by atoms with E-state index in [0.717, 1.165) is 11.1 Å². The lowest BCUT2D eigenvalue weighted by atomic mass is 10.1. The number of carbonyl (C=O) groups is 1. The predicted octanol–water partition coefficient (Wildman–Crippen LogP) is 5.97. The van der Waals surface area contributed by atoms with Gasteiger partial charge in [0.25, 0.3) is 0 Å². The Morgan fingerprint density at radius 3 is 2.59 bits per heavy atom. The number of carbonyl (C=O) groups excluding carboxylic acids is 1. The van der Waals surface area contributed by atoms with Crippen LogP contribution in [0, 0.1) is 6.92 Å². The normalized spacial score (nSPS) is 17.6. The third-order valence-electron chi connectivity index (χ3n) is 4.96. The van der Waals surface area contributed by atoms with Gasteiger partial charge in [-0.1, -0.05) is 59.3 Å². The molecule has 4 rings (SSSR count). The van der Waals surface area contributed by atoms with Crippen LogP contribution < -0.4 is 0 Å². The van der Waals surface area contributed by atoms with Crippen LogP contribution in [0.25, 0.3) is 11.3 Å². The van der Waals surface area contributed by atoms with E-state index in [0.29, 0.717) is 34.7 Å². The smallest absolute Gasteiger partial charge is 0.242 e. The number of amidine groups is 1. The zero-order valence-electron chi connectivity index (χ0n) is 17.6. The number of nitrogens with zero attached hydrogens (tertiary/aromatic N) is 3. The minimum Gasteiger partial charge on any atom is -0.455 e. The number of furan rings is 1. The van der Waals surface area contributed by atoms with Crippen molar-refractivity contribution in [1.29, 1.82) is 0 Å². The minimum absolute atomic E-state index is 0.0208. The van der Waals surface area contributed by atoms with Gasteiger partial charge in [0, 0.05) is 17.1 Å². The average Bonchev–Trinajstić information content (AvgIpc) is 3.37. The second kappa shape index (κ2) is 10.0. The fourth-order valence-electron chi connectivity index (χ4n) is 3.28. The fourth-order valence-corrected chi connectivity index (χ4v) is 4.55. The Labute approximate surface area is 196 Å². The van der Waals surface area contributed by atoms with Crippen LogP contribution in [0.4, 0.5) is 0 Å². The third kappa shape index (κ3) is 5.21. The van der Waals surface area contributed by atoms with Crippen molar-refractivity contribution in [2.75, 3.05) is 6.54 Å². The molecule has 3 aromatic rings. The first kappa shape index (κ1) is 22.1. The molecule has 1 aliphatic rings. The summed E-state index contributed by atoms with van der Waals surface area (Å²) in [5, 5.41) is 9.47. The molecule has 0 radical (unpaired) electrons. The molecule has 1 aliphatic heterocycles. The molecule has 162 valence electrons. The second-order valence-electron chi connectivity index (χ2n) is 7.37. The maximum Gasteiger partial charge on any atom is 0.242 e. The lowest BCUT2D eigenvalue weighted by molar-refractivity contribution is -0.125. The Morgan fingerprint density at radius 1 is 1.12 bits per heavy atom. The van der Waals surface area contributed by atoms with Gasteiger partial charge in [-0.15, -0.1) is 11.7 Å². The van der Waals surface area contributed by atoms with E-state index in [1.165, 1.54) is 23.5 Å². The number of aryl methyl sites for hydroxylation is 1. The van der Waals surface area contributed by atoms with Crippen molar-refractivity contribution >= 4 is 40.7 Å². The Morgan fingerprint density at radius 2 is 1.88 bits per heavy atom. The van der Waals surface area contributed by atoms with Crippen LogP contribution in [0.5, 0.6) is 0 Å². The largest absolute Gasteiger partial charge is 0.455 e. The second-order valence-corrected chi connectivity index (χ2v) is 8.98. The molecule has 0 saturated carbocycles. The Hall–Kier alpha value is -3.09. The van der Waals surface area contributed by atoms with Crippen LogP contribution in [0.3, 0.4) is 0 Å². The summed E-state index contributed by atoms with van der Waals surface area (Å²) in [5.74, 6) is 1.31. The number of hydrogen-bond donors (Lipinski definition) is 0. The third-order valence-corrected chi connectivity index (χ3v) is 6.37. The summed E-state index contributed by atoms with van der Waals surface area (Å²) in [6, 6.07) is 19.3. The number of halogens is 1. The first-order valence-corrected chi connectivity index (χ1v) is 11.4. The molecule has 5 nitrogen and oxygen atoms in total. The molecule has 0 aliphatic carbocycles. The van der Waals surface area contributed by atoms with Crippen molar-refractivity contribution in [2.24, 2.45) is 10.2 Å². The molecule has 1 amide bonds. The first-order chi connectivity index (χ1) is 15.5. The number of thioether (sulfide) groups is 1. The van der Waals surface area contributed by atoms with Gasteiger partial charge in [-0.05, 0) is 55.3 Å². The van der Waals surface area contributed by atoms with Gasteiger partial charge in [-0.2, -0.15) is 5.10 Å². The van der Waals surface area contributed by atoms with E-state index in [9.17, 15) is 4.79 Å². The highest BCUT2D eigenvalue weighted by Crippen LogP contribution is 2.30. The Kier molecular flexibility index (Phi) is 6.93. The van der Waals surface area contributed by atoms with Crippen molar-refractivity contribution in [3.63, 3.8) is 0 Å². The van der Waals surface area contributed by atoms with Crippen LogP contribution in [-0.4, -0.2) is 34.0 Å². The maximum atomic E-state index is 12.9. The van der Waals surface area contributed by atoms with Gasteiger partial charge in [0.05, 0.1) is 11.5 Å². The van der Waals surface area contributed by atoms with Crippen LogP contribution in [0.1, 0.15) is 16.9 Å². The topological polar surface area (TPSA) is 58.2 Å². The van der Waals surface area contributed by atoms with Crippen molar-refractivity contribution in [3.05, 3.63) is 95.2 Å². The fraction of sp³-hybridized carbons (Fsp3) is 0.160. The summed E-state index contributed by atoms with van der Waals surface area (Å²) in [5.41, 5.74) is 3.24. The van der Waals surface area contributed by atoms with Gasteiger partial charge in [-0.25, -0.2) is 0 Å². The van der Waals surface area contributed by atoms with Gasteiger partial charge >= 0.3 is 0 Å². The minimum atomic E-state index is -0.230. The summed E-state index contributed by atoms with van der Waals surface area (Å²) < 4.78 is 5.81. The van der Waals surface area contributed by atoms with Gasteiger partial charge in [-0.3, -0.25) is 9.69 Å². The molecule has 2 heterocycles. The van der Waals surface area contributed by atoms with Gasteiger partial charge in [0.15, 0.2) is 5.17 Å². The number of amides is 1. The Bertz CT molecular complexity index is 1170. The molecule has 1 aromatic heterocycles.